The lowest BCUT2D eigenvalue weighted by molar-refractivity contribution is -0.116. The van der Waals surface area contributed by atoms with Gasteiger partial charge < -0.3 is 5.32 Å². The predicted molar refractivity (Wildman–Crippen MR) is 77.0 cm³/mol. The van der Waals surface area contributed by atoms with Crippen LogP contribution in [0.25, 0.3) is 0 Å². The van der Waals surface area contributed by atoms with Crippen LogP contribution in [-0.4, -0.2) is 10.9 Å². The normalized spacial score (nSPS) is 10.2. The average molecular weight is 254 g/mol. The Morgan fingerprint density at radius 3 is 2.32 bits per heavy atom. The van der Waals surface area contributed by atoms with Crippen LogP contribution < -0.4 is 5.32 Å². The Hall–Kier alpha value is -2.16. The first-order valence-corrected chi connectivity index (χ1v) is 6.55. The second-order valence-corrected chi connectivity index (χ2v) is 4.45. The molecule has 0 unspecified atom stereocenters. The molecule has 2 aromatic rings. The summed E-state index contributed by atoms with van der Waals surface area (Å²) in [4.78, 5) is 15.7. The summed E-state index contributed by atoms with van der Waals surface area (Å²) < 4.78 is 0. The molecular formula is C16H18N2O. The summed E-state index contributed by atoms with van der Waals surface area (Å²) >= 11 is 0. The smallest absolute Gasteiger partial charge is 0.224 e. The summed E-state index contributed by atoms with van der Waals surface area (Å²) in [5, 5.41) is 2.86. The molecule has 0 bridgehead atoms. The predicted octanol–water partition coefficient (Wildman–Crippen LogP) is 3.22. The van der Waals surface area contributed by atoms with E-state index in [0.29, 0.717) is 6.42 Å². The van der Waals surface area contributed by atoms with Gasteiger partial charge in [0.05, 0.1) is 0 Å². The molecular weight excluding hydrogens is 236 g/mol. The average Bonchev–Trinajstić information content (AvgIpc) is 2.47. The third-order valence-electron chi connectivity index (χ3n) is 3.04. The molecule has 1 N–H and O–H groups in total. The van der Waals surface area contributed by atoms with Gasteiger partial charge in [0.25, 0.3) is 0 Å². The summed E-state index contributed by atoms with van der Waals surface area (Å²) in [6.07, 6.45) is 5.63. The number of pyridine rings is 1. The first-order chi connectivity index (χ1) is 9.28. The number of nitrogens with one attached hydrogen (secondary N) is 1. The quantitative estimate of drug-likeness (QED) is 0.890. The number of carbonyl (C=O) groups excluding carboxylic acids is 1. The second-order valence-electron chi connectivity index (χ2n) is 4.45. The van der Waals surface area contributed by atoms with E-state index < -0.39 is 0 Å². The van der Waals surface area contributed by atoms with Crippen molar-refractivity contribution in [2.75, 3.05) is 5.32 Å². The molecule has 0 aliphatic carbocycles. The lowest BCUT2D eigenvalue weighted by Crippen LogP contribution is -2.12. The Bertz CT molecular complexity index is 520. The summed E-state index contributed by atoms with van der Waals surface area (Å²) in [7, 11) is 0. The first-order valence-electron chi connectivity index (χ1n) is 6.55. The molecule has 1 heterocycles. The Morgan fingerprint density at radius 2 is 1.68 bits per heavy atom. The number of hydrogen-bond acceptors (Lipinski definition) is 2. The molecule has 0 saturated heterocycles. The number of carbonyl (C=O) groups is 1. The van der Waals surface area contributed by atoms with Crippen molar-refractivity contribution in [1.29, 1.82) is 0 Å². The van der Waals surface area contributed by atoms with Crippen LogP contribution in [0.4, 0.5) is 5.69 Å². The van der Waals surface area contributed by atoms with E-state index in [1.165, 1.54) is 11.1 Å². The highest BCUT2D eigenvalue weighted by Crippen LogP contribution is 2.09. The monoisotopic (exact) mass is 254 g/mol. The van der Waals surface area contributed by atoms with E-state index in [1.54, 1.807) is 24.5 Å². The van der Waals surface area contributed by atoms with E-state index in [0.717, 1.165) is 18.5 Å². The number of aromatic nitrogens is 1. The van der Waals surface area contributed by atoms with Crippen molar-refractivity contribution in [2.24, 2.45) is 0 Å². The van der Waals surface area contributed by atoms with Crippen LogP contribution in [-0.2, 0) is 17.6 Å². The topological polar surface area (TPSA) is 42.0 Å². The number of rotatable bonds is 5. The highest BCUT2D eigenvalue weighted by atomic mass is 16.1. The summed E-state index contributed by atoms with van der Waals surface area (Å²) in [5.41, 5.74) is 3.31. The molecule has 1 aromatic heterocycles. The number of anilines is 1. The highest BCUT2D eigenvalue weighted by Gasteiger charge is 2.03. The van der Waals surface area contributed by atoms with E-state index in [2.05, 4.69) is 41.5 Å². The molecule has 3 nitrogen and oxygen atoms in total. The minimum Gasteiger partial charge on any atom is -0.326 e. The zero-order valence-corrected chi connectivity index (χ0v) is 11.1. The van der Waals surface area contributed by atoms with Gasteiger partial charge in [0.1, 0.15) is 0 Å². The number of hydrogen-bond donors (Lipinski definition) is 1. The minimum atomic E-state index is 0.0331. The zero-order chi connectivity index (χ0) is 13.5. The minimum absolute atomic E-state index is 0.0331. The molecule has 0 saturated carbocycles. The lowest BCUT2D eigenvalue weighted by atomic mass is 10.1. The molecule has 98 valence electrons. The van der Waals surface area contributed by atoms with Crippen molar-refractivity contribution < 1.29 is 4.79 Å². The van der Waals surface area contributed by atoms with Crippen LogP contribution >= 0.6 is 0 Å². The van der Waals surface area contributed by atoms with Gasteiger partial charge in [0, 0.05) is 24.5 Å². The fraction of sp³-hybridized carbons (Fsp3) is 0.250. The van der Waals surface area contributed by atoms with Crippen LogP contribution in [0, 0.1) is 0 Å². The maximum atomic E-state index is 11.8. The first kappa shape index (κ1) is 13.3. The molecule has 2 rings (SSSR count). The van der Waals surface area contributed by atoms with Gasteiger partial charge in [-0.3, -0.25) is 9.78 Å². The fourth-order valence-corrected chi connectivity index (χ4v) is 1.86. The van der Waals surface area contributed by atoms with Crippen LogP contribution in [0.3, 0.4) is 0 Å². The Kier molecular flexibility index (Phi) is 4.67. The maximum absolute atomic E-state index is 11.8. The van der Waals surface area contributed by atoms with Crippen LogP contribution in [0.15, 0.2) is 48.8 Å². The van der Waals surface area contributed by atoms with Crippen molar-refractivity contribution in [3.63, 3.8) is 0 Å². The van der Waals surface area contributed by atoms with Gasteiger partial charge in [-0.15, -0.1) is 0 Å². The van der Waals surface area contributed by atoms with Gasteiger partial charge >= 0.3 is 0 Å². The lowest BCUT2D eigenvalue weighted by Gasteiger charge is -2.05. The van der Waals surface area contributed by atoms with Gasteiger partial charge in [0.15, 0.2) is 0 Å². The van der Waals surface area contributed by atoms with E-state index >= 15 is 0 Å². The molecule has 0 spiro atoms. The number of amides is 1. The largest absolute Gasteiger partial charge is 0.326 e. The molecule has 19 heavy (non-hydrogen) atoms. The number of benzene rings is 1. The van der Waals surface area contributed by atoms with E-state index in [-0.39, 0.29) is 5.91 Å². The molecule has 0 radical (unpaired) electrons. The molecule has 0 aliphatic rings. The van der Waals surface area contributed by atoms with Gasteiger partial charge in [-0.05, 0) is 36.1 Å². The molecule has 0 fully saturated rings. The number of aryl methyl sites for hydroxylation is 2. The van der Waals surface area contributed by atoms with Crippen molar-refractivity contribution in [1.82, 2.24) is 4.98 Å². The summed E-state index contributed by atoms with van der Waals surface area (Å²) in [6, 6.07) is 12.0. The van der Waals surface area contributed by atoms with E-state index in [9.17, 15) is 4.79 Å². The van der Waals surface area contributed by atoms with Crippen LogP contribution in [0.2, 0.25) is 0 Å². The molecule has 1 amide bonds. The SMILES string of the molecule is CCc1ccc(CCC(=O)Nc2ccncc2)cc1. The Morgan fingerprint density at radius 1 is 1.05 bits per heavy atom. The third-order valence-corrected chi connectivity index (χ3v) is 3.04. The fourth-order valence-electron chi connectivity index (χ4n) is 1.86. The summed E-state index contributed by atoms with van der Waals surface area (Å²) in [6.45, 7) is 2.14. The molecule has 3 heteroatoms. The van der Waals surface area contributed by atoms with Gasteiger partial charge in [-0.1, -0.05) is 31.2 Å². The van der Waals surface area contributed by atoms with E-state index in [4.69, 9.17) is 0 Å². The van der Waals surface area contributed by atoms with Crippen molar-refractivity contribution in [3.8, 4) is 0 Å². The van der Waals surface area contributed by atoms with Crippen molar-refractivity contribution >= 4 is 11.6 Å². The Labute approximate surface area is 113 Å². The van der Waals surface area contributed by atoms with Crippen molar-refractivity contribution in [3.05, 3.63) is 59.9 Å². The zero-order valence-electron chi connectivity index (χ0n) is 11.1. The van der Waals surface area contributed by atoms with Gasteiger partial charge in [-0.25, -0.2) is 0 Å². The standard InChI is InChI=1S/C16H18N2O/c1-2-13-3-5-14(6-4-13)7-8-16(19)18-15-9-11-17-12-10-15/h3-6,9-12H,2,7-8H2,1H3,(H,17,18,19). The second kappa shape index (κ2) is 6.69. The van der Waals surface area contributed by atoms with E-state index in [1.807, 2.05) is 0 Å². The third kappa shape index (κ3) is 4.21. The maximum Gasteiger partial charge on any atom is 0.224 e. The van der Waals surface area contributed by atoms with Crippen LogP contribution in [0.1, 0.15) is 24.5 Å². The van der Waals surface area contributed by atoms with Gasteiger partial charge in [-0.2, -0.15) is 0 Å². The summed E-state index contributed by atoms with van der Waals surface area (Å²) in [5.74, 6) is 0.0331. The van der Waals surface area contributed by atoms with Crippen molar-refractivity contribution in [2.45, 2.75) is 26.2 Å². The highest BCUT2D eigenvalue weighted by molar-refractivity contribution is 5.90. The Balaban J connectivity index is 1.83. The van der Waals surface area contributed by atoms with Crippen LogP contribution in [0.5, 0.6) is 0 Å². The molecule has 1 aromatic carbocycles. The number of nitrogens with zero attached hydrogens (tertiary/aromatic N) is 1. The molecule has 0 aliphatic heterocycles. The van der Waals surface area contributed by atoms with Gasteiger partial charge in [0.2, 0.25) is 5.91 Å². The molecule has 0 atom stereocenters.